The van der Waals surface area contributed by atoms with Crippen molar-refractivity contribution in [2.24, 2.45) is 0 Å². The topological polar surface area (TPSA) is 108 Å². The van der Waals surface area contributed by atoms with Crippen molar-refractivity contribution in [1.82, 2.24) is 24.7 Å². The van der Waals surface area contributed by atoms with Crippen LogP contribution in [-0.4, -0.2) is 24.7 Å². The van der Waals surface area contributed by atoms with Crippen LogP contribution in [0.5, 0.6) is 0 Å². The minimum Gasteiger partial charge on any atom is -0.383 e. The second-order valence-electron chi connectivity index (χ2n) is 7.55. The number of nitrogens with zero attached hydrogens (tertiary/aromatic N) is 5. The van der Waals surface area contributed by atoms with Crippen LogP contribution in [0.25, 0.3) is 28.0 Å². The van der Waals surface area contributed by atoms with Crippen LogP contribution in [0.15, 0.2) is 59.4 Å². The number of benzene rings is 2. The fourth-order valence-corrected chi connectivity index (χ4v) is 4.06. The summed E-state index contributed by atoms with van der Waals surface area (Å²) in [6, 6.07) is 13.7. The van der Waals surface area contributed by atoms with Gasteiger partial charge in [-0.15, -0.1) is 0 Å². The van der Waals surface area contributed by atoms with E-state index in [1.807, 2.05) is 41.8 Å². The Balaban J connectivity index is 1.64. The number of nitrogen functional groups attached to an aromatic ring is 1. The molecule has 0 fully saturated rings. The van der Waals surface area contributed by atoms with Crippen molar-refractivity contribution in [2.45, 2.75) is 19.9 Å². The van der Waals surface area contributed by atoms with Gasteiger partial charge in [-0.25, -0.2) is 14.4 Å². The summed E-state index contributed by atoms with van der Waals surface area (Å²) in [5, 5.41) is 8.65. The maximum atomic E-state index is 14.1. The molecule has 0 amide bonds. The van der Waals surface area contributed by atoms with E-state index in [1.165, 1.54) is 18.5 Å². The normalized spacial score (nSPS) is 12.2. The second-order valence-corrected chi connectivity index (χ2v) is 7.96. The third kappa shape index (κ3) is 3.76. The Bertz CT molecular complexity index is 1480. The number of hydrogen-bond acceptors (Lipinski definition) is 7. The molecule has 0 saturated heterocycles. The number of aryl methyl sites for hydroxylation is 1. The fourth-order valence-electron chi connectivity index (χ4n) is 3.83. The molecule has 1 unspecified atom stereocenters. The van der Waals surface area contributed by atoms with Gasteiger partial charge in [0.2, 0.25) is 0 Å². The summed E-state index contributed by atoms with van der Waals surface area (Å²) < 4.78 is 21.4. The van der Waals surface area contributed by atoms with Crippen molar-refractivity contribution >= 4 is 34.1 Å². The molecule has 3 heterocycles. The summed E-state index contributed by atoms with van der Waals surface area (Å²) in [5.74, 6) is 0.987. The molecule has 1 atom stereocenters. The Kier molecular flexibility index (Phi) is 5.18. The molecule has 0 aliphatic heterocycles. The molecule has 3 aromatic heterocycles. The Hall–Kier alpha value is -3.98. The van der Waals surface area contributed by atoms with Crippen LogP contribution >= 0.6 is 11.6 Å². The summed E-state index contributed by atoms with van der Waals surface area (Å²) in [5.41, 5.74) is 8.89. The first-order chi connectivity index (χ1) is 15.9. The number of anilines is 2. The number of nitrogens with one attached hydrogen (secondary N) is 1. The molecule has 3 N–H and O–H groups in total. The average molecular weight is 464 g/mol. The number of fused-ring (bicyclic) bond motifs is 1. The second kappa shape index (κ2) is 8.18. The number of rotatable bonds is 5. The predicted molar refractivity (Wildman–Crippen MR) is 125 cm³/mol. The van der Waals surface area contributed by atoms with Gasteiger partial charge in [0.15, 0.2) is 5.82 Å². The van der Waals surface area contributed by atoms with Gasteiger partial charge in [0.25, 0.3) is 5.89 Å². The Morgan fingerprint density at radius 3 is 2.73 bits per heavy atom. The third-order valence-corrected chi connectivity index (χ3v) is 5.63. The van der Waals surface area contributed by atoms with E-state index in [4.69, 9.17) is 21.9 Å². The zero-order chi connectivity index (χ0) is 23.1. The maximum absolute atomic E-state index is 14.1. The zero-order valence-corrected chi connectivity index (χ0v) is 18.5. The highest BCUT2D eigenvalue weighted by Gasteiger charge is 2.22. The van der Waals surface area contributed by atoms with Crippen LogP contribution in [0, 0.1) is 12.7 Å². The number of aromatic nitrogens is 5. The van der Waals surface area contributed by atoms with Gasteiger partial charge in [-0.05, 0) is 50.2 Å². The van der Waals surface area contributed by atoms with Crippen molar-refractivity contribution in [3.8, 4) is 17.1 Å². The largest absolute Gasteiger partial charge is 0.383 e. The first-order valence-electron chi connectivity index (χ1n) is 10.2. The lowest BCUT2D eigenvalue weighted by Crippen LogP contribution is -2.14. The van der Waals surface area contributed by atoms with Gasteiger partial charge in [0, 0.05) is 21.8 Å². The van der Waals surface area contributed by atoms with Crippen LogP contribution in [-0.2, 0) is 0 Å². The van der Waals surface area contributed by atoms with Crippen molar-refractivity contribution in [2.75, 3.05) is 11.1 Å². The van der Waals surface area contributed by atoms with E-state index in [-0.39, 0.29) is 23.6 Å². The Morgan fingerprint density at radius 2 is 1.97 bits per heavy atom. The van der Waals surface area contributed by atoms with E-state index in [0.717, 1.165) is 16.6 Å². The molecule has 10 heteroatoms. The lowest BCUT2D eigenvalue weighted by Gasteiger charge is -2.19. The molecular formula is C23H19ClFN7O. The van der Waals surface area contributed by atoms with E-state index < -0.39 is 0 Å². The van der Waals surface area contributed by atoms with Crippen molar-refractivity contribution in [3.63, 3.8) is 0 Å². The number of hydrogen-bond donors (Lipinski definition) is 2. The molecule has 0 bridgehead atoms. The number of halogens is 2. The first-order valence-corrected chi connectivity index (χ1v) is 10.5. The van der Waals surface area contributed by atoms with E-state index in [9.17, 15) is 4.39 Å². The van der Waals surface area contributed by atoms with Gasteiger partial charge < -0.3 is 20.1 Å². The van der Waals surface area contributed by atoms with Crippen molar-refractivity contribution < 1.29 is 8.91 Å². The molecule has 0 saturated carbocycles. The van der Waals surface area contributed by atoms with Crippen LogP contribution in [0.4, 0.5) is 16.0 Å². The fraction of sp³-hybridized carbons (Fsp3) is 0.130. The summed E-state index contributed by atoms with van der Waals surface area (Å²) in [7, 11) is 0. The lowest BCUT2D eigenvalue weighted by molar-refractivity contribution is 0.425. The number of nitrogens with two attached hydrogens (primary N) is 1. The SMILES string of the molecule is Cc1noc(-c2c(N)ncnc2NC(C)c2cc3c(Cl)cccc3n2-c2cccc(F)c2)n1. The van der Waals surface area contributed by atoms with Crippen molar-refractivity contribution in [1.29, 1.82) is 0 Å². The molecule has 2 aromatic carbocycles. The highest BCUT2D eigenvalue weighted by Crippen LogP contribution is 2.36. The monoisotopic (exact) mass is 463 g/mol. The van der Waals surface area contributed by atoms with E-state index >= 15 is 0 Å². The summed E-state index contributed by atoms with van der Waals surface area (Å²) >= 11 is 6.48. The smallest absolute Gasteiger partial charge is 0.265 e. The van der Waals surface area contributed by atoms with Gasteiger partial charge in [0.1, 0.15) is 29.3 Å². The van der Waals surface area contributed by atoms with Gasteiger partial charge in [0.05, 0.1) is 11.6 Å². The zero-order valence-electron chi connectivity index (χ0n) is 17.8. The molecule has 0 aliphatic rings. The van der Waals surface area contributed by atoms with E-state index in [1.54, 1.807) is 13.0 Å². The quantitative estimate of drug-likeness (QED) is 0.362. The van der Waals surface area contributed by atoms with Gasteiger partial charge in [-0.3, -0.25) is 0 Å². The Morgan fingerprint density at radius 1 is 1.15 bits per heavy atom. The average Bonchev–Trinajstić information content (AvgIpc) is 3.38. The van der Waals surface area contributed by atoms with Crippen LogP contribution in [0.2, 0.25) is 5.02 Å². The summed E-state index contributed by atoms with van der Waals surface area (Å²) in [6.45, 7) is 3.67. The molecule has 5 aromatic rings. The summed E-state index contributed by atoms with van der Waals surface area (Å²) in [6.07, 6.45) is 1.36. The molecule has 33 heavy (non-hydrogen) atoms. The molecule has 8 nitrogen and oxygen atoms in total. The summed E-state index contributed by atoms with van der Waals surface area (Å²) in [4.78, 5) is 12.7. The van der Waals surface area contributed by atoms with Crippen molar-refractivity contribution in [3.05, 3.63) is 77.2 Å². The Labute approximate surface area is 193 Å². The van der Waals surface area contributed by atoms with Gasteiger partial charge in [-0.2, -0.15) is 4.98 Å². The van der Waals surface area contributed by atoms with Gasteiger partial charge >= 0.3 is 0 Å². The minimum absolute atomic E-state index is 0.206. The van der Waals surface area contributed by atoms with Crippen LogP contribution < -0.4 is 11.1 Å². The minimum atomic E-state index is -0.333. The first kappa shape index (κ1) is 20.9. The van der Waals surface area contributed by atoms with Crippen LogP contribution in [0.1, 0.15) is 24.5 Å². The van der Waals surface area contributed by atoms with E-state index in [0.29, 0.717) is 27.9 Å². The molecular weight excluding hydrogens is 445 g/mol. The molecule has 166 valence electrons. The molecule has 0 aliphatic carbocycles. The standard InChI is InChI=1S/C23H19ClFN7O/c1-12(29-22-20(21(26)27-11-28-22)23-30-13(2)31-33-23)19-10-16-17(24)7-4-8-18(16)32(19)15-6-3-5-14(25)9-15/h3-12H,1-2H3,(H3,26,27,28,29). The van der Waals surface area contributed by atoms with Crippen LogP contribution in [0.3, 0.4) is 0 Å². The molecule has 5 rings (SSSR count). The van der Waals surface area contributed by atoms with E-state index in [2.05, 4.69) is 25.4 Å². The third-order valence-electron chi connectivity index (χ3n) is 5.30. The highest BCUT2D eigenvalue weighted by molar-refractivity contribution is 6.35. The highest BCUT2D eigenvalue weighted by atomic mass is 35.5. The van der Waals surface area contributed by atoms with Gasteiger partial charge in [-0.1, -0.05) is 28.9 Å². The maximum Gasteiger partial charge on any atom is 0.265 e. The lowest BCUT2D eigenvalue weighted by atomic mass is 10.2. The predicted octanol–water partition coefficient (Wildman–Crippen LogP) is 5.33. The molecule has 0 spiro atoms. The molecule has 0 radical (unpaired) electrons.